The second-order valence-corrected chi connectivity index (χ2v) is 5.11. The second kappa shape index (κ2) is 5.50. The van der Waals surface area contributed by atoms with Gasteiger partial charge >= 0.3 is 0 Å². The number of rotatable bonds is 4. The van der Waals surface area contributed by atoms with Crippen LogP contribution in [0, 0.1) is 0 Å². The van der Waals surface area contributed by atoms with Gasteiger partial charge in [-0.3, -0.25) is 4.79 Å². The van der Waals surface area contributed by atoms with Crippen molar-refractivity contribution in [2.75, 3.05) is 13.6 Å². The summed E-state index contributed by atoms with van der Waals surface area (Å²) in [6.07, 6.45) is 9.18. The molecule has 1 aliphatic heterocycles. The fourth-order valence-electron chi connectivity index (χ4n) is 2.60. The number of Topliss-reactive ketones (excluding diaryl/α,β-unsaturated/α-hetero) is 1. The summed E-state index contributed by atoms with van der Waals surface area (Å²) in [6.45, 7) is 3.87. The molecule has 1 aromatic rings. The average Bonchev–Trinajstić information content (AvgIpc) is 2.77. The Morgan fingerprint density at radius 3 is 2.94 bits per heavy atom. The molecule has 1 unspecified atom stereocenters. The third-order valence-electron chi connectivity index (χ3n) is 3.80. The molecular weight excluding hydrogens is 212 g/mol. The van der Waals surface area contributed by atoms with Gasteiger partial charge in [-0.15, -0.1) is 0 Å². The number of ketones is 1. The number of hydrogen-bond acceptors (Lipinski definition) is 2. The van der Waals surface area contributed by atoms with Crippen LogP contribution in [-0.2, 0) is 6.54 Å². The Morgan fingerprint density at radius 1 is 1.47 bits per heavy atom. The Balaban J connectivity index is 1.86. The highest BCUT2D eigenvalue weighted by Gasteiger charge is 2.18. The third-order valence-corrected chi connectivity index (χ3v) is 3.80. The largest absolute Gasteiger partial charge is 0.353 e. The van der Waals surface area contributed by atoms with E-state index in [1.165, 1.54) is 32.2 Å². The Labute approximate surface area is 103 Å². The van der Waals surface area contributed by atoms with Crippen LogP contribution in [-0.4, -0.2) is 34.9 Å². The zero-order valence-electron chi connectivity index (χ0n) is 10.9. The molecule has 1 atom stereocenters. The molecule has 0 aromatic carbocycles. The molecule has 0 amide bonds. The van der Waals surface area contributed by atoms with Crippen molar-refractivity contribution in [2.45, 2.75) is 45.2 Å². The number of aryl methyl sites for hydroxylation is 1. The van der Waals surface area contributed by atoms with Gasteiger partial charge in [0.25, 0.3) is 0 Å². The van der Waals surface area contributed by atoms with E-state index in [0.29, 0.717) is 6.04 Å². The van der Waals surface area contributed by atoms with Gasteiger partial charge in [-0.05, 0) is 45.8 Å². The van der Waals surface area contributed by atoms with Crippen molar-refractivity contribution < 1.29 is 4.79 Å². The van der Waals surface area contributed by atoms with E-state index in [4.69, 9.17) is 0 Å². The minimum Gasteiger partial charge on any atom is -0.353 e. The maximum absolute atomic E-state index is 11.2. The lowest BCUT2D eigenvalue weighted by Gasteiger charge is -2.32. The van der Waals surface area contributed by atoms with Crippen molar-refractivity contribution >= 4 is 5.78 Å². The zero-order valence-corrected chi connectivity index (χ0v) is 10.9. The summed E-state index contributed by atoms with van der Waals surface area (Å²) >= 11 is 0. The number of carbonyl (C=O) groups excluding carboxylic acids is 1. The summed E-state index contributed by atoms with van der Waals surface area (Å²) in [5.41, 5.74) is 0.821. The normalized spacial score (nSPS) is 21.6. The molecule has 94 valence electrons. The molecule has 2 rings (SSSR count). The van der Waals surface area contributed by atoms with Gasteiger partial charge < -0.3 is 9.47 Å². The van der Waals surface area contributed by atoms with Gasteiger partial charge in [0.1, 0.15) is 0 Å². The van der Waals surface area contributed by atoms with Gasteiger partial charge in [0.2, 0.25) is 0 Å². The Kier molecular flexibility index (Phi) is 4.00. The standard InChI is InChI=1S/C14H22N2O/c1-12(17)13-6-9-16(11-13)10-7-14-5-3-4-8-15(14)2/h6,9,11,14H,3-5,7-8,10H2,1-2H3. The van der Waals surface area contributed by atoms with Crippen molar-refractivity contribution in [1.82, 2.24) is 9.47 Å². The van der Waals surface area contributed by atoms with Crippen molar-refractivity contribution in [3.05, 3.63) is 24.0 Å². The van der Waals surface area contributed by atoms with Crippen LogP contribution in [0.3, 0.4) is 0 Å². The number of piperidine rings is 1. The first-order valence-corrected chi connectivity index (χ1v) is 6.54. The van der Waals surface area contributed by atoms with E-state index in [1.807, 2.05) is 18.5 Å². The van der Waals surface area contributed by atoms with Crippen molar-refractivity contribution in [3.63, 3.8) is 0 Å². The molecule has 0 bridgehead atoms. The molecule has 2 heterocycles. The fraction of sp³-hybridized carbons (Fsp3) is 0.643. The number of nitrogens with zero attached hydrogens (tertiary/aromatic N) is 2. The van der Waals surface area contributed by atoms with Crippen molar-refractivity contribution in [2.24, 2.45) is 0 Å². The molecule has 0 aliphatic carbocycles. The smallest absolute Gasteiger partial charge is 0.161 e. The number of likely N-dealkylation sites (tertiary alicyclic amines) is 1. The lowest BCUT2D eigenvalue weighted by molar-refractivity contribution is 0.101. The molecular formula is C14H22N2O. The molecule has 3 heteroatoms. The highest BCUT2D eigenvalue weighted by Crippen LogP contribution is 2.18. The van der Waals surface area contributed by atoms with Crippen LogP contribution < -0.4 is 0 Å². The predicted molar refractivity (Wildman–Crippen MR) is 69.3 cm³/mol. The van der Waals surface area contributed by atoms with Gasteiger partial charge in [0.15, 0.2) is 5.78 Å². The van der Waals surface area contributed by atoms with Gasteiger partial charge in [-0.1, -0.05) is 6.42 Å². The molecule has 17 heavy (non-hydrogen) atoms. The summed E-state index contributed by atoms with van der Waals surface area (Å²) in [5, 5.41) is 0. The van der Waals surface area contributed by atoms with Crippen molar-refractivity contribution in [1.29, 1.82) is 0 Å². The third kappa shape index (κ3) is 3.19. The Morgan fingerprint density at radius 2 is 2.29 bits per heavy atom. The topological polar surface area (TPSA) is 25.2 Å². The van der Waals surface area contributed by atoms with Crippen LogP contribution in [0.15, 0.2) is 18.5 Å². The highest BCUT2D eigenvalue weighted by molar-refractivity contribution is 5.93. The van der Waals surface area contributed by atoms with E-state index < -0.39 is 0 Å². The molecule has 1 aromatic heterocycles. The van der Waals surface area contributed by atoms with Gasteiger partial charge in [0.05, 0.1) is 0 Å². The van der Waals surface area contributed by atoms with Crippen LogP contribution in [0.25, 0.3) is 0 Å². The summed E-state index contributed by atoms with van der Waals surface area (Å²) in [7, 11) is 2.22. The minimum absolute atomic E-state index is 0.151. The molecule has 0 N–H and O–H groups in total. The monoisotopic (exact) mass is 234 g/mol. The van der Waals surface area contributed by atoms with E-state index in [9.17, 15) is 4.79 Å². The Hall–Kier alpha value is -1.09. The summed E-state index contributed by atoms with van der Waals surface area (Å²) < 4.78 is 2.14. The maximum Gasteiger partial charge on any atom is 0.161 e. The first-order valence-electron chi connectivity index (χ1n) is 6.54. The van der Waals surface area contributed by atoms with E-state index >= 15 is 0 Å². The maximum atomic E-state index is 11.2. The molecule has 0 saturated carbocycles. The van der Waals surface area contributed by atoms with Crippen LogP contribution >= 0.6 is 0 Å². The molecule has 0 radical (unpaired) electrons. The van der Waals surface area contributed by atoms with E-state index in [0.717, 1.165) is 12.1 Å². The zero-order chi connectivity index (χ0) is 12.3. The first kappa shape index (κ1) is 12.4. The van der Waals surface area contributed by atoms with Crippen LogP contribution in [0.4, 0.5) is 0 Å². The quantitative estimate of drug-likeness (QED) is 0.748. The number of aromatic nitrogens is 1. The molecule has 1 saturated heterocycles. The molecule has 1 fully saturated rings. The van der Waals surface area contributed by atoms with Crippen molar-refractivity contribution in [3.8, 4) is 0 Å². The average molecular weight is 234 g/mol. The number of carbonyl (C=O) groups is 1. The fourth-order valence-corrected chi connectivity index (χ4v) is 2.60. The lowest BCUT2D eigenvalue weighted by atomic mass is 10.0. The van der Waals surface area contributed by atoms with Crippen LogP contribution in [0.5, 0.6) is 0 Å². The summed E-state index contributed by atoms with van der Waals surface area (Å²) in [6, 6.07) is 2.62. The summed E-state index contributed by atoms with van der Waals surface area (Å²) in [5.74, 6) is 0.151. The van der Waals surface area contributed by atoms with E-state index in [2.05, 4.69) is 16.5 Å². The summed E-state index contributed by atoms with van der Waals surface area (Å²) in [4.78, 5) is 13.7. The first-order chi connectivity index (χ1) is 8.16. The SMILES string of the molecule is CC(=O)c1ccn(CCC2CCCCN2C)c1. The lowest BCUT2D eigenvalue weighted by Crippen LogP contribution is -2.36. The van der Waals surface area contributed by atoms with E-state index in [-0.39, 0.29) is 5.78 Å². The Bertz CT molecular complexity index is 383. The molecule has 1 aliphatic rings. The van der Waals surface area contributed by atoms with Gasteiger partial charge in [-0.25, -0.2) is 0 Å². The minimum atomic E-state index is 0.151. The van der Waals surface area contributed by atoms with Gasteiger partial charge in [0, 0.05) is 30.5 Å². The van der Waals surface area contributed by atoms with E-state index in [1.54, 1.807) is 6.92 Å². The van der Waals surface area contributed by atoms with Crippen LogP contribution in [0.2, 0.25) is 0 Å². The predicted octanol–water partition coefficient (Wildman–Crippen LogP) is 2.57. The molecule has 3 nitrogen and oxygen atoms in total. The highest BCUT2D eigenvalue weighted by atomic mass is 16.1. The number of hydrogen-bond donors (Lipinski definition) is 0. The van der Waals surface area contributed by atoms with Crippen LogP contribution in [0.1, 0.15) is 43.0 Å². The molecule has 0 spiro atoms. The second-order valence-electron chi connectivity index (χ2n) is 5.11. The van der Waals surface area contributed by atoms with Gasteiger partial charge in [-0.2, -0.15) is 0 Å².